The first kappa shape index (κ1) is 12.0. The number of hydrogen-bond acceptors (Lipinski definition) is 2. The summed E-state index contributed by atoms with van der Waals surface area (Å²) in [6.07, 6.45) is 5.23. The molecule has 2 unspecified atom stereocenters. The van der Waals surface area contributed by atoms with Crippen LogP contribution in [-0.2, 0) is 0 Å². The minimum absolute atomic E-state index is 0.269. The summed E-state index contributed by atoms with van der Waals surface area (Å²) in [6.45, 7) is 8.70. The molecule has 0 aromatic heterocycles. The third-order valence-corrected chi connectivity index (χ3v) is 3.56. The second-order valence-electron chi connectivity index (χ2n) is 5.28. The van der Waals surface area contributed by atoms with Gasteiger partial charge in [-0.25, -0.2) is 0 Å². The largest absolute Gasteiger partial charge is 0.329 e. The Hall–Kier alpha value is -0.0800. The third kappa shape index (κ3) is 2.96. The molecule has 1 aliphatic rings. The molecule has 0 aromatic carbocycles. The highest BCUT2D eigenvalue weighted by Gasteiger charge is 2.36. The molecule has 0 heterocycles. The summed E-state index contributed by atoms with van der Waals surface area (Å²) in [5, 5.41) is 3.68. The van der Waals surface area contributed by atoms with Gasteiger partial charge in [-0.15, -0.1) is 0 Å². The standard InChI is InChI=1S/C12H26N2/c1-4-11-5-6-12(7-11,9-13)14-8-10(2)3/h10-11,14H,4-9,13H2,1-3H3. The van der Waals surface area contributed by atoms with Crippen molar-refractivity contribution in [2.45, 2.75) is 52.0 Å². The molecule has 2 nitrogen and oxygen atoms in total. The zero-order valence-electron chi connectivity index (χ0n) is 9.97. The van der Waals surface area contributed by atoms with Crippen LogP contribution in [0.1, 0.15) is 46.5 Å². The van der Waals surface area contributed by atoms with Gasteiger partial charge in [0, 0.05) is 12.1 Å². The van der Waals surface area contributed by atoms with Crippen LogP contribution in [0, 0.1) is 11.8 Å². The third-order valence-electron chi connectivity index (χ3n) is 3.56. The molecule has 1 saturated carbocycles. The number of nitrogens with two attached hydrogens (primary N) is 1. The van der Waals surface area contributed by atoms with E-state index < -0.39 is 0 Å². The Balaban J connectivity index is 2.43. The molecule has 0 aliphatic heterocycles. The van der Waals surface area contributed by atoms with Gasteiger partial charge < -0.3 is 11.1 Å². The van der Waals surface area contributed by atoms with Gasteiger partial charge in [-0.3, -0.25) is 0 Å². The Morgan fingerprint density at radius 1 is 1.50 bits per heavy atom. The molecular weight excluding hydrogens is 172 g/mol. The number of hydrogen-bond donors (Lipinski definition) is 2. The average molecular weight is 198 g/mol. The van der Waals surface area contributed by atoms with Crippen LogP contribution < -0.4 is 11.1 Å². The van der Waals surface area contributed by atoms with E-state index >= 15 is 0 Å². The highest BCUT2D eigenvalue weighted by molar-refractivity contribution is 4.96. The molecule has 1 fully saturated rings. The van der Waals surface area contributed by atoms with Crippen molar-refractivity contribution in [2.75, 3.05) is 13.1 Å². The molecule has 14 heavy (non-hydrogen) atoms. The van der Waals surface area contributed by atoms with Crippen LogP contribution in [0.15, 0.2) is 0 Å². The van der Waals surface area contributed by atoms with Crippen molar-refractivity contribution in [1.29, 1.82) is 0 Å². The van der Waals surface area contributed by atoms with Gasteiger partial charge in [0.1, 0.15) is 0 Å². The maximum absolute atomic E-state index is 5.91. The smallest absolute Gasteiger partial charge is 0.0306 e. The highest BCUT2D eigenvalue weighted by atomic mass is 15.0. The predicted octanol–water partition coefficient (Wildman–Crippen LogP) is 2.14. The van der Waals surface area contributed by atoms with Crippen LogP contribution >= 0.6 is 0 Å². The summed E-state index contributed by atoms with van der Waals surface area (Å²) in [5.41, 5.74) is 6.18. The summed E-state index contributed by atoms with van der Waals surface area (Å²) in [5.74, 6) is 1.62. The first-order valence-electron chi connectivity index (χ1n) is 6.07. The fourth-order valence-electron chi connectivity index (χ4n) is 2.42. The van der Waals surface area contributed by atoms with E-state index in [0.717, 1.165) is 24.9 Å². The van der Waals surface area contributed by atoms with E-state index in [1.807, 2.05) is 0 Å². The van der Waals surface area contributed by atoms with Crippen molar-refractivity contribution < 1.29 is 0 Å². The average Bonchev–Trinajstić information content (AvgIpc) is 2.59. The van der Waals surface area contributed by atoms with Gasteiger partial charge in [0.05, 0.1) is 0 Å². The molecule has 0 bridgehead atoms. The van der Waals surface area contributed by atoms with Crippen molar-refractivity contribution in [3.8, 4) is 0 Å². The van der Waals surface area contributed by atoms with Crippen molar-refractivity contribution in [1.82, 2.24) is 5.32 Å². The Bertz CT molecular complexity index is 168. The van der Waals surface area contributed by atoms with Crippen molar-refractivity contribution in [3.63, 3.8) is 0 Å². The first-order valence-corrected chi connectivity index (χ1v) is 6.07. The first-order chi connectivity index (χ1) is 6.62. The summed E-state index contributed by atoms with van der Waals surface area (Å²) in [7, 11) is 0. The van der Waals surface area contributed by atoms with E-state index in [2.05, 4.69) is 26.1 Å². The van der Waals surface area contributed by atoms with Crippen LogP contribution in [0.2, 0.25) is 0 Å². The van der Waals surface area contributed by atoms with Gasteiger partial charge in [-0.2, -0.15) is 0 Å². The Kier molecular flexibility index (Phi) is 4.39. The van der Waals surface area contributed by atoms with Gasteiger partial charge in [0.2, 0.25) is 0 Å². The summed E-state index contributed by atoms with van der Waals surface area (Å²) >= 11 is 0. The lowest BCUT2D eigenvalue weighted by Gasteiger charge is -2.30. The van der Waals surface area contributed by atoms with Gasteiger partial charge in [0.25, 0.3) is 0 Å². The van der Waals surface area contributed by atoms with E-state index in [9.17, 15) is 0 Å². The molecule has 84 valence electrons. The normalized spacial score (nSPS) is 32.8. The summed E-state index contributed by atoms with van der Waals surface area (Å²) in [4.78, 5) is 0. The Morgan fingerprint density at radius 2 is 2.21 bits per heavy atom. The SMILES string of the molecule is CCC1CCC(CN)(NCC(C)C)C1. The lowest BCUT2D eigenvalue weighted by atomic mass is 9.94. The number of rotatable bonds is 5. The van der Waals surface area contributed by atoms with Crippen LogP contribution in [0.5, 0.6) is 0 Å². The van der Waals surface area contributed by atoms with E-state index in [0.29, 0.717) is 0 Å². The molecule has 0 spiro atoms. The predicted molar refractivity (Wildman–Crippen MR) is 62.3 cm³/mol. The monoisotopic (exact) mass is 198 g/mol. The van der Waals surface area contributed by atoms with Crippen molar-refractivity contribution in [2.24, 2.45) is 17.6 Å². The van der Waals surface area contributed by atoms with Gasteiger partial charge in [0.15, 0.2) is 0 Å². The zero-order valence-corrected chi connectivity index (χ0v) is 9.97. The minimum atomic E-state index is 0.269. The molecule has 1 rings (SSSR count). The van der Waals surface area contributed by atoms with Crippen LogP contribution in [-0.4, -0.2) is 18.6 Å². The second kappa shape index (κ2) is 5.13. The van der Waals surface area contributed by atoms with E-state index in [1.165, 1.54) is 25.7 Å². The molecule has 0 aromatic rings. The fourth-order valence-corrected chi connectivity index (χ4v) is 2.42. The van der Waals surface area contributed by atoms with Crippen LogP contribution in [0.3, 0.4) is 0 Å². The topological polar surface area (TPSA) is 38.0 Å². The van der Waals surface area contributed by atoms with Gasteiger partial charge in [-0.1, -0.05) is 27.2 Å². The fraction of sp³-hybridized carbons (Fsp3) is 1.00. The Morgan fingerprint density at radius 3 is 2.64 bits per heavy atom. The second-order valence-corrected chi connectivity index (χ2v) is 5.28. The van der Waals surface area contributed by atoms with Crippen molar-refractivity contribution in [3.05, 3.63) is 0 Å². The van der Waals surface area contributed by atoms with Crippen LogP contribution in [0.4, 0.5) is 0 Å². The maximum atomic E-state index is 5.91. The summed E-state index contributed by atoms with van der Waals surface area (Å²) < 4.78 is 0. The Labute approximate surface area is 88.6 Å². The van der Waals surface area contributed by atoms with Gasteiger partial charge >= 0.3 is 0 Å². The molecule has 1 aliphatic carbocycles. The summed E-state index contributed by atoms with van der Waals surface area (Å²) in [6, 6.07) is 0. The molecule has 2 atom stereocenters. The highest BCUT2D eigenvalue weighted by Crippen LogP contribution is 2.35. The van der Waals surface area contributed by atoms with Crippen LogP contribution in [0.25, 0.3) is 0 Å². The molecule has 0 amide bonds. The van der Waals surface area contributed by atoms with E-state index in [-0.39, 0.29) is 5.54 Å². The lowest BCUT2D eigenvalue weighted by molar-refractivity contribution is 0.310. The van der Waals surface area contributed by atoms with E-state index in [4.69, 9.17) is 5.73 Å². The molecule has 2 heteroatoms. The van der Waals surface area contributed by atoms with Crippen molar-refractivity contribution >= 4 is 0 Å². The zero-order chi connectivity index (χ0) is 10.6. The number of nitrogens with one attached hydrogen (secondary N) is 1. The molecule has 3 N–H and O–H groups in total. The van der Waals surface area contributed by atoms with Gasteiger partial charge in [-0.05, 0) is 37.6 Å². The molecular formula is C12H26N2. The van der Waals surface area contributed by atoms with E-state index in [1.54, 1.807) is 0 Å². The molecule has 0 saturated heterocycles. The lowest BCUT2D eigenvalue weighted by Crippen LogP contribution is -2.50. The maximum Gasteiger partial charge on any atom is 0.0306 e. The minimum Gasteiger partial charge on any atom is -0.329 e. The quantitative estimate of drug-likeness (QED) is 0.710. The molecule has 0 radical (unpaired) electrons.